The van der Waals surface area contributed by atoms with E-state index in [0.29, 0.717) is 25.3 Å². The number of nitrogens with one attached hydrogen (secondary N) is 1. The Bertz CT molecular complexity index is 455. The Labute approximate surface area is 105 Å². The molecule has 1 aliphatic rings. The van der Waals surface area contributed by atoms with Crippen LogP contribution in [0.3, 0.4) is 0 Å². The highest BCUT2D eigenvalue weighted by Crippen LogP contribution is 2.13. The monoisotopic (exact) mass is 251 g/mol. The van der Waals surface area contributed by atoms with Gasteiger partial charge in [0.15, 0.2) is 5.76 Å². The first kappa shape index (κ1) is 12.6. The van der Waals surface area contributed by atoms with E-state index < -0.39 is 6.04 Å². The predicted octanol–water partition coefficient (Wildman–Crippen LogP) is 0.610. The van der Waals surface area contributed by atoms with E-state index in [4.69, 9.17) is 4.52 Å². The molecule has 1 aromatic heterocycles. The largest absolute Gasteiger partial charge is 0.359 e. The molecule has 0 radical (unpaired) electrons. The van der Waals surface area contributed by atoms with Gasteiger partial charge in [-0.2, -0.15) is 0 Å². The highest BCUT2D eigenvalue weighted by atomic mass is 16.5. The first-order chi connectivity index (χ1) is 8.58. The van der Waals surface area contributed by atoms with E-state index >= 15 is 0 Å². The van der Waals surface area contributed by atoms with Crippen LogP contribution in [0.5, 0.6) is 0 Å². The van der Waals surface area contributed by atoms with Gasteiger partial charge in [-0.05, 0) is 20.3 Å². The summed E-state index contributed by atoms with van der Waals surface area (Å²) >= 11 is 0. The van der Waals surface area contributed by atoms with Gasteiger partial charge in [-0.1, -0.05) is 5.16 Å². The van der Waals surface area contributed by atoms with Crippen molar-refractivity contribution in [3.63, 3.8) is 0 Å². The van der Waals surface area contributed by atoms with E-state index in [1.165, 1.54) is 0 Å². The maximum Gasteiger partial charge on any atom is 0.242 e. The van der Waals surface area contributed by atoms with Crippen LogP contribution in [0.15, 0.2) is 10.6 Å². The Balaban J connectivity index is 1.86. The summed E-state index contributed by atoms with van der Waals surface area (Å²) in [6.07, 6.45) is 1.37. The third-order valence-electron chi connectivity index (χ3n) is 3.07. The van der Waals surface area contributed by atoms with Crippen LogP contribution in [0.2, 0.25) is 0 Å². The molecule has 1 aliphatic heterocycles. The Kier molecular flexibility index (Phi) is 3.64. The molecule has 2 rings (SSSR count). The third-order valence-corrected chi connectivity index (χ3v) is 3.07. The third kappa shape index (κ3) is 2.69. The zero-order valence-corrected chi connectivity index (χ0v) is 10.6. The van der Waals surface area contributed by atoms with Crippen LogP contribution in [0, 0.1) is 6.92 Å². The van der Waals surface area contributed by atoms with Crippen LogP contribution in [0.1, 0.15) is 31.2 Å². The fourth-order valence-corrected chi connectivity index (χ4v) is 2.04. The number of aromatic nitrogens is 1. The van der Waals surface area contributed by atoms with Crippen LogP contribution >= 0.6 is 0 Å². The van der Waals surface area contributed by atoms with E-state index in [0.717, 1.165) is 12.1 Å². The lowest BCUT2D eigenvalue weighted by Crippen LogP contribution is -2.45. The summed E-state index contributed by atoms with van der Waals surface area (Å²) in [5, 5.41) is 6.48. The van der Waals surface area contributed by atoms with Gasteiger partial charge in [0.2, 0.25) is 11.8 Å². The quantitative estimate of drug-likeness (QED) is 0.850. The van der Waals surface area contributed by atoms with Crippen molar-refractivity contribution in [2.75, 3.05) is 6.54 Å². The van der Waals surface area contributed by atoms with Crippen molar-refractivity contribution < 1.29 is 14.1 Å². The second-order valence-corrected chi connectivity index (χ2v) is 4.52. The highest BCUT2D eigenvalue weighted by Gasteiger charge is 2.29. The van der Waals surface area contributed by atoms with Crippen LogP contribution in [-0.2, 0) is 16.1 Å². The van der Waals surface area contributed by atoms with Gasteiger partial charge in [-0.15, -0.1) is 0 Å². The number of amides is 2. The van der Waals surface area contributed by atoms with Crippen LogP contribution in [0.4, 0.5) is 0 Å². The summed E-state index contributed by atoms with van der Waals surface area (Å²) in [4.78, 5) is 25.0. The van der Waals surface area contributed by atoms with Gasteiger partial charge < -0.3 is 14.7 Å². The van der Waals surface area contributed by atoms with Gasteiger partial charge in [-0.3, -0.25) is 9.59 Å². The van der Waals surface area contributed by atoms with E-state index in [1.54, 1.807) is 17.9 Å². The lowest BCUT2D eigenvalue weighted by atomic mass is 10.2. The average Bonchev–Trinajstić information content (AvgIpc) is 2.94. The van der Waals surface area contributed by atoms with Gasteiger partial charge in [0.25, 0.3) is 0 Å². The maximum atomic E-state index is 11.9. The summed E-state index contributed by atoms with van der Waals surface area (Å²) in [6.45, 7) is 4.52. The maximum absolute atomic E-state index is 11.9. The molecule has 1 N–H and O–H groups in total. The molecule has 6 heteroatoms. The molecule has 2 amide bonds. The molecule has 1 aromatic rings. The fraction of sp³-hybridized carbons (Fsp3) is 0.583. The minimum absolute atomic E-state index is 0.0492. The number of hydrogen-bond donors (Lipinski definition) is 1. The Morgan fingerprint density at radius 2 is 2.44 bits per heavy atom. The molecule has 6 nitrogen and oxygen atoms in total. The van der Waals surface area contributed by atoms with Crippen LogP contribution in [0.25, 0.3) is 0 Å². The van der Waals surface area contributed by atoms with Crippen molar-refractivity contribution in [2.45, 2.75) is 39.3 Å². The van der Waals surface area contributed by atoms with E-state index in [1.807, 2.05) is 6.92 Å². The number of likely N-dealkylation sites (tertiary alicyclic amines) is 1. The highest BCUT2D eigenvalue weighted by molar-refractivity contribution is 5.88. The molecule has 0 aliphatic carbocycles. The lowest BCUT2D eigenvalue weighted by molar-refractivity contribution is -0.136. The Hall–Kier alpha value is -1.85. The number of carbonyl (C=O) groups is 2. The summed E-state index contributed by atoms with van der Waals surface area (Å²) in [5.74, 6) is 0.494. The minimum atomic E-state index is -0.427. The van der Waals surface area contributed by atoms with Crippen molar-refractivity contribution in [1.29, 1.82) is 0 Å². The number of rotatable bonds is 4. The molecule has 98 valence electrons. The van der Waals surface area contributed by atoms with Gasteiger partial charge in [-0.25, -0.2) is 0 Å². The summed E-state index contributed by atoms with van der Waals surface area (Å²) in [5.41, 5.74) is 0.780. The van der Waals surface area contributed by atoms with Gasteiger partial charge in [0, 0.05) is 19.0 Å². The molecular weight excluding hydrogens is 234 g/mol. The van der Waals surface area contributed by atoms with E-state index in [2.05, 4.69) is 10.5 Å². The zero-order valence-electron chi connectivity index (χ0n) is 10.6. The first-order valence-electron chi connectivity index (χ1n) is 6.07. The molecule has 1 saturated heterocycles. The molecule has 0 spiro atoms. The van der Waals surface area contributed by atoms with Crippen LogP contribution in [-0.4, -0.2) is 34.5 Å². The predicted molar refractivity (Wildman–Crippen MR) is 63.5 cm³/mol. The molecular formula is C12H17N3O3. The standard InChI is InChI=1S/C12H17N3O3/c1-8-6-10(18-14-8)7-13-12(17)9(2)15-5-3-4-11(15)16/h6,9H,3-5,7H2,1-2H3,(H,13,17)/t9-/m1/s1. The molecule has 0 unspecified atom stereocenters. The van der Waals surface area contributed by atoms with E-state index in [9.17, 15) is 9.59 Å². The molecule has 0 saturated carbocycles. The number of nitrogens with zero attached hydrogens (tertiary/aromatic N) is 2. The number of hydrogen-bond acceptors (Lipinski definition) is 4. The van der Waals surface area contributed by atoms with Gasteiger partial charge in [0.05, 0.1) is 12.2 Å². The molecule has 18 heavy (non-hydrogen) atoms. The van der Waals surface area contributed by atoms with E-state index in [-0.39, 0.29) is 11.8 Å². The number of aryl methyl sites for hydroxylation is 1. The topological polar surface area (TPSA) is 75.4 Å². The van der Waals surface area contributed by atoms with Crippen molar-refractivity contribution >= 4 is 11.8 Å². The minimum Gasteiger partial charge on any atom is -0.359 e. The summed E-state index contributed by atoms with van der Waals surface area (Å²) < 4.78 is 5.00. The number of carbonyl (C=O) groups excluding carboxylic acids is 2. The normalized spacial score (nSPS) is 17.0. The summed E-state index contributed by atoms with van der Waals surface area (Å²) in [6, 6.07) is 1.34. The van der Waals surface area contributed by atoms with Crippen molar-refractivity contribution in [1.82, 2.24) is 15.4 Å². The van der Waals surface area contributed by atoms with Crippen LogP contribution < -0.4 is 5.32 Å². The van der Waals surface area contributed by atoms with Gasteiger partial charge in [0.1, 0.15) is 6.04 Å². The summed E-state index contributed by atoms with van der Waals surface area (Å²) in [7, 11) is 0. The fourth-order valence-electron chi connectivity index (χ4n) is 2.04. The van der Waals surface area contributed by atoms with Crippen molar-refractivity contribution in [2.24, 2.45) is 0 Å². The molecule has 0 aromatic carbocycles. The second kappa shape index (κ2) is 5.20. The SMILES string of the molecule is Cc1cc(CNC(=O)[C@@H](C)N2CCCC2=O)on1. The Morgan fingerprint density at radius 1 is 1.67 bits per heavy atom. The van der Waals surface area contributed by atoms with Crippen molar-refractivity contribution in [3.8, 4) is 0 Å². The average molecular weight is 251 g/mol. The molecule has 0 bridgehead atoms. The first-order valence-corrected chi connectivity index (χ1v) is 6.07. The molecule has 1 atom stereocenters. The van der Waals surface area contributed by atoms with Gasteiger partial charge >= 0.3 is 0 Å². The molecule has 1 fully saturated rings. The second-order valence-electron chi connectivity index (χ2n) is 4.52. The Morgan fingerprint density at radius 3 is 3.00 bits per heavy atom. The zero-order chi connectivity index (χ0) is 13.1. The lowest BCUT2D eigenvalue weighted by Gasteiger charge is -2.22. The molecule has 2 heterocycles. The smallest absolute Gasteiger partial charge is 0.242 e. The van der Waals surface area contributed by atoms with Crippen molar-refractivity contribution in [3.05, 3.63) is 17.5 Å².